The molecule has 0 N–H and O–H groups in total. The molecule has 4 heteroatoms. The molecule has 17 heavy (non-hydrogen) atoms. The molecule has 1 aliphatic heterocycles. The van der Waals surface area contributed by atoms with Gasteiger partial charge in [-0.05, 0) is 24.6 Å². The summed E-state index contributed by atoms with van der Waals surface area (Å²) >= 11 is 0. The minimum absolute atomic E-state index is 0.358. The van der Waals surface area contributed by atoms with Crippen molar-refractivity contribution in [1.29, 1.82) is 0 Å². The number of hydrogen-bond donors (Lipinski definition) is 0. The number of rotatable bonds is 1. The van der Waals surface area contributed by atoms with Crippen molar-refractivity contribution in [2.45, 2.75) is 6.92 Å². The number of methoxy groups -OCH3 is 2. The van der Waals surface area contributed by atoms with Gasteiger partial charge in [0.1, 0.15) is 5.75 Å². The number of amides is 1. The van der Waals surface area contributed by atoms with E-state index in [-0.39, 0.29) is 6.09 Å². The van der Waals surface area contributed by atoms with E-state index in [0.29, 0.717) is 6.54 Å². The van der Waals surface area contributed by atoms with Crippen LogP contribution in [0.15, 0.2) is 24.3 Å². The Bertz CT molecular complexity index is 480. The molecular formula is C13H15NO3. The van der Waals surface area contributed by atoms with Gasteiger partial charge in [0.2, 0.25) is 0 Å². The lowest BCUT2D eigenvalue weighted by Gasteiger charge is -2.27. The second kappa shape index (κ2) is 4.49. The second-order valence-electron chi connectivity index (χ2n) is 3.85. The van der Waals surface area contributed by atoms with E-state index in [1.54, 1.807) is 12.0 Å². The number of nitrogens with zero attached hydrogens (tertiary/aromatic N) is 1. The van der Waals surface area contributed by atoms with Gasteiger partial charge < -0.3 is 9.47 Å². The van der Waals surface area contributed by atoms with E-state index in [9.17, 15) is 4.79 Å². The van der Waals surface area contributed by atoms with Crippen LogP contribution in [0.2, 0.25) is 0 Å². The SMILES string of the molecule is COC(=O)N1CC=C(C)c2ccc(OC)cc21. The van der Waals surface area contributed by atoms with E-state index in [4.69, 9.17) is 9.47 Å². The highest BCUT2D eigenvalue weighted by atomic mass is 16.5. The monoisotopic (exact) mass is 233 g/mol. The van der Waals surface area contributed by atoms with Crippen molar-refractivity contribution >= 4 is 17.4 Å². The maximum absolute atomic E-state index is 11.7. The Labute approximate surface area is 100 Å². The largest absolute Gasteiger partial charge is 0.497 e. The molecule has 0 atom stereocenters. The van der Waals surface area contributed by atoms with Crippen LogP contribution in [0, 0.1) is 0 Å². The number of carbonyl (C=O) groups is 1. The van der Waals surface area contributed by atoms with Gasteiger partial charge in [-0.3, -0.25) is 4.90 Å². The molecule has 1 heterocycles. The summed E-state index contributed by atoms with van der Waals surface area (Å²) in [7, 11) is 2.99. The number of ether oxygens (including phenoxy) is 2. The molecule has 0 saturated heterocycles. The molecule has 0 aliphatic carbocycles. The molecule has 1 aromatic carbocycles. The summed E-state index contributed by atoms with van der Waals surface area (Å²) in [6, 6.07) is 5.69. The number of benzene rings is 1. The predicted molar refractivity (Wildman–Crippen MR) is 66.4 cm³/mol. The number of hydrogen-bond acceptors (Lipinski definition) is 3. The summed E-state index contributed by atoms with van der Waals surface area (Å²) in [6.45, 7) is 2.55. The van der Waals surface area contributed by atoms with Gasteiger partial charge in [0.05, 0.1) is 19.9 Å². The summed E-state index contributed by atoms with van der Waals surface area (Å²) in [4.78, 5) is 13.3. The van der Waals surface area contributed by atoms with Crippen LogP contribution in [0.5, 0.6) is 5.75 Å². The van der Waals surface area contributed by atoms with Crippen molar-refractivity contribution in [2.24, 2.45) is 0 Å². The quantitative estimate of drug-likeness (QED) is 0.748. The van der Waals surface area contributed by atoms with Gasteiger partial charge in [0, 0.05) is 18.2 Å². The highest BCUT2D eigenvalue weighted by Gasteiger charge is 2.23. The summed E-state index contributed by atoms with van der Waals surface area (Å²) in [5.74, 6) is 0.729. The zero-order valence-electron chi connectivity index (χ0n) is 10.2. The third-order valence-electron chi connectivity index (χ3n) is 2.90. The van der Waals surface area contributed by atoms with Gasteiger partial charge in [-0.25, -0.2) is 4.79 Å². The van der Waals surface area contributed by atoms with Gasteiger partial charge in [-0.1, -0.05) is 6.08 Å². The van der Waals surface area contributed by atoms with Gasteiger partial charge >= 0.3 is 6.09 Å². The first-order valence-electron chi connectivity index (χ1n) is 5.38. The topological polar surface area (TPSA) is 38.8 Å². The Morgan fingerprint density at radius 2 is 2.12 bits per heavy atom. The third kappa shape index (κ3) is 1.98. The molecule has 2 rings (SSSR count). The van der Waals surface area contributed by atoms with Crippen LogP contribution in [0.3, 0.4) is 0 Å². The average Bonchev–Trinajstić information content (AvgIpc) is 2.38. The molecule has 4 nitrogen and oxygen atoms in total. The first kappa shape index (κ1) is 11.5. The van der Waals surface area contributed by atoms with Crippen molar-refractivity contribution in [3.8, 4) is 5.75 Å². The van der Waals surface area contributed by atoms with E-state index in [1.165, 1.54) is 7.11 Å². The Morgan fingerprint density at radius 1 is 1.35 bits per heavy atom. The molecule has 0 bridgehead atoms. The zero-order chi connectivity index (χ0) is 12.4. The zero-order valence-corrected chi connectivity index (χ0v) is 10.2. The molecule has 0 unspecified atom stereocenters. The maximum Gasteiger partial charge on any atom is 0.414 e. The standard InChI is InChI=1S/C13H15NO3/c1-9-6-7-14(13(15)17-3)12-8-10(16-2)4-5-11(9)12/h4-6,8H,7H2,1-3H3. The molecule has 0 aromatic heterocycles. The van der Waals surface area contributed by atoms with Crippen LogP contribution in [-0.2, 0) is 4.74 Å². The van der Waals surface area contributed by atoms with Crippen LogP contribution in [-0.4, -0.2) is 26.9 Å². The summed E-state index contributed by atoms with van der Waals surface area (Å²) < 4.78 is 9.95. The highest BCUT2D eigenvalue weighted by Crippen LogP contribution is 2.34. The molecule has 0 spiro atoms. The molecule has 0 radical (unpaired) electrons. The van der Waals surface area contributed by atoms with Crippen LogP contribution < -0.4 is 9.64 Å². The molecule has 0 saturated carbocycles. The summed E-state index contributed by atoms with van der Waals surface area (Å²) in [6.07, 6.45) is 1.65. The van der Waals surface area contributed by atoms with E-state index in [1.807, 2.05) is 31.2 Å². The van der Waals surface area contributed by atoms with E-state index in [0.717, 1.165) is 22.6 Å². The molecule has 1 aliphatic rings. The van der Waals surface area contributed by atoms with Crippen LogP contribution in [0.25, 0.3) is 5.57 Å². The van der Waals surface area contributed by atoms with E-state index < -0.39 is 0 Å². The second-order valence-corrected chi connectivity index (χ2v) is 3.85. The molecular weight excluding hydrogens is 218 g/mol. The minimum atomic E-state index is -0.358. The molecule has 1 amide bonds. The fourth-order valence-corrected chi connectivity index (χ4v) is 1.91. The van der Waals surface area contributed by atoms with Crippen LogP contribution >= 0.6 is 0 Å². The first-order chi connectivity index (χ1) is 8.17. The Hall–Kier alpha value is -1.97. The van der Waals surface area contributed by atoms with E-state index in [2.05, 4.69) is 0 Å². The number of allylic oxidation sites excluding steroid dienone is 1. The lowest BCUT2D eigenvalue weighted by Crippen LogP contribution is -2.33. The fraction of sp³-hybridized carbons (Fsp3) is 0.308. The maximum atomic E-state index is 11.7. The van der Waals surface area contributed by atoms with Gasteiger partial charge in [0.25, 0.3) is 0 Å². The lowest BCUT2D eigenvalue weighted by atomic mass is 10.0. The third-order valence-corrected chi connectivity index (χ3v) is 2.90. The summed E-state index contributed by atoms with van der Waals surface area (Å²) in [5, 5.41) is 0. The van der Waals surface area contributed by atoms with E-state index >= 15 is 0 Å². The Kier molecular flexibility index (Phi) is 3.04. The summed E-state index contributed by atoms with van der Waals surface area (Å²) in [5.41, 5.74) is 3.02. The van der Waals surface area contributed by atoms with Crippen molar-refractivity contribution in [3.05, 3.63) is 29.8 Å². The van der Waals surface area contributed by atoms with Crippen LogP contribution in [0.1, 0.15) is 12.5 Å². The van der Waals surface area contributed by atoms with Crippen LogP contribution in [0.4, 0.5) is 10.5 Å². The number of fused-ring (bicyclic) bond motifs is 1. The molecule has 90 valence electrons. The molecule has 1 aromatic rings. The Morgan fingerprint density at radius 3 is 2.76 bits per heavy atom. The average molecular weight is 233 g/mol. The smallest absolute Gasteiger partial charge is 0.414 e. The van der Waals surface area contributed by atoms with Gasteiger partial charge in [0.15, 0.2) is 0 Å². The minimum Gasteiger partial charge on any atom is -0.497 e. The Balaban J connectivity index is 2.50. The number of anilines is 1. The van der Waals surface area contributed by atoms with Crippen molar-refractivity contribution in [2.75, 3.05) is 25.7 Å². The first-order valence-corrected chi connectivity index (χ1v) is 5.38. The number of carbonyl (C=O) groups excluding carboxylic acids is 1. The normalized spacial score (nSPS) is 13.8. The van der Waals surface area contributed by atoms with Crippen molar-refractivity contribution < 1.29 is 14.3 Å². The predicted octanol–water partition coefficient (Wildman–Crippen LogP) is 2.68. The van der Waals surface area contributed by atoms with Gasteiger partial charge in [-0.15, -0.1) is 0 Å². The fourth-order valence-electron chi connectivity index (χ4n) is 1.91. The molecule has 0 fully saturated rings. The lowest BCUT2D eigenvalue weighted by molar-refractivity contribution is 0.179. The van der Waals surface area contributed by atoms with Crippen molar-refractivity contribution in [3.63, 3.8) is 0 Å². The van der Waals surface area contributed by atoms with Crippen molar-refractivity contribution in [1.82, 2.24) is 0 Å². The highest BCUT2D eigenvalue weighted by molar-refractivity contribution is 5.95. The van der Waals surface area contributed by atoms with Gasteiger partial charge in [-0.2, -0.15) is 0 Å².